The highest BCUT2D eigenvalue weighted by molar-refractivity contribution is 5.43. The van der Waals surface area contributed by atoms with E-state index >= 15 is 0 Å². The maximum atomic E-state index is 5.17. The number of nitrogens with one attached hydrogen (secondary N) is 1. The summed E-state index contributed by atoms with van der Waals surface area (Å²) < 4.78 is 1.78. The highest BCUT2D eigenvalue weighted by Gasteiger charge is 2.01. The average Bonchev–Trinajstić information content (AvgIpc) is 2.66. The minimum atomic E-state index is 0.655. The van der Waals surface area contributed by atoms with E-state index in [1.807, 2.05) is 25.3 Å². The van der Waals surface area contributed by atoms with Crippen LogP contribution in [0.15, 0.2) is 18.3 Å². The lowest BCUT2D eigenvalue weighted by molar-refractivity contribution is 0.883. The molecule has 0 aliphatic carbocycles. The monoisotopic (exact) mass is 214 g/mol. The van der Waals surface area contributed by atoms with Crippen molar-refractivity contribution in [3.05, 3.63) is 23.9 Å². The Balaban J connectivity index is 2.06. The molecule has 0 saturated carbocycles. The first-order valence-electron chi connectivity index (χ1n) is 5.30. The Bertz CT molecular complexity index is 521. The van der Waals surface area contributed by atoms with Crippen LogP contribution in [0.5, 0.6) is 0 Å². The van der Waals surface area contributed by atoms with Crippen molar-refractivity contribution in [1.29, 1.82) is 0 Å². The molecule has 2 aromatic rings. The summed E-state index contributed by atoms with van der Waals surface area (Å²) in [6.45, 7) is 2.83. The summed E-state index contributed by atoms with van der Waals surface area (Å²) in [4.78, 5) is 4.34. The van der Waals surface area contributed by atoms with Crippen molar-refractivity contribution >= 4 is 11.6 Å². The fourth-order valence-corrected chi connectivity index (χ4v) is 1.45. The second kappa shape index (κ2) is 4.67. The zero-order valence-corrected chi connectivity index (χ0v) is 9.27. The molecule has 2 aromatic heterocycles. The summed E-state index contributed by atoms with van der Waals surface area (Å²) in [5.41, 5.74) is 2.02. The Labute approximate surface area is 94.7 Å². The van der Waals surface area contributed by atoms with Crippen LogP contribution in [0.4, 0.5) is 5.95 Å². The van der Waals surface area contributed by atoms with Crippen LogP contribution in [0.2, 0.25) is 0 Å². The molecule has 4 nitrogen and oxygen atoms in total. The van der Waals surface area contributed by atoms with Crippen molar-refractivity contribution in [1.82, 2.24) is 14.6 Å². The number of hydrogen-bond acceptors (Lipinski definition) is 3. The van der Waals surface area contributed by atoms with Gasteiger partial charge in [0.2, 0.25) is 5.95 Å². The number of anilines is 1. The molecule has 0 fully saturated rings. The van der Waals surface area contributed by atoms with Crippen LogP contribution >= 0.6 is 0 Å². The zero-order chi connectivity index (χ0) is 11.4. The quantitative estimate of drug-likeness (QED) is 0.624. The van der Waals surface area contributed by atoms with Gasteiger partial charge in [-0.25, -0.2) is 4.52 Å². The van der Waals surface area contributed by atoms with E-state index in [0.29, 0.717) is 5.95 Å². The second-order valence-electron chi connectivity index (χ2n) is 3.68. The topological polar surface area (TPSA) is 42.2 Å². The van der Waals surface area contributed by atoms with Crippen molar-refractivity contribution in [3.63, 3.8) is 0 Å². The largest absolute Gasteiger partial charge is 0.353 e. The molecule has 82 valence electrons. The number of hydrogen-bond donors (Lipinski definition) is 1. The number of terminal acetylenes is 1. The van der Waals surface area contributed by atoms with Crippen LogP contribution in [0.25, 0.3) is 5.65 Å². The Kier molecular flexibility index (Phi) is 3.06. The third kappa shape index (κ3) is 2.31. The normalized spacial score (nSPS) is 10.2. The van der Waals surface area contributed by atoms with Crippen LogP contribution in [-0.2, 0) is 0 Å². The fourth-order valence-electron chi connectivity index (χ4n) is 1.45. The number of unbranched alkanes of at least 4 members (excludes halogenated alkanes) is 1. The van der Waals surface area contributed by atoms with Crippen LogP contribution in [0.3, 0.4) is 0 Å². The maximum Gasteiger partial charge on any atom is 0.243 e. The molecule has 0 amide bonds. The highest BCUT2D eigenvalue weighted by atomic mass is 15.3. The van der Waals surface area contributed by atoms with Crippen LogP contribution in [0, 0.1) is 19.3 Å². The fraction of sp³-hybridized carbons (Fsp3) is 0.333. The van der Waals surface area contributed by atoms with Crippen molar-refractivity contribution in [2.75, 3.05) is 11.9 Å². The van der Waals surface area contributed by atoms with Gasteiger partial charge in [0.1, 0.15) is 0 Å². The first-order chi connectivity index (χ1) is 7.79. The van der Waals surface area contributed by atoms with Gasteiger partial charge in [-0.2, -0.15) is 4.98 Å². The summed E-state index contributed by atoms with van der Waals surface area (Å²) in [5, 5.41) is 7.46. The van der Waals surface area contributed by atoms with E-state index in [1.54, 1.807) is 4.52 Å². The lowest BCUT2D eigenvalue weighted by Crippen LogP contribution is -2.02. The van der Waals surface area contributed by atoms with Crippen molar-refractivity contribution in [3.8, 4) is 12.3 Å². The lowest BCUT2D eigenvalue weighted by atomic mass is 10.3. The van der Waals surface area contributed by atoms with E-state index in [1.165, 1.54) is 0 Å². The van der Waals surface area contributed by atoms with Crippen molar-refractivity contribution in [2.24, 2.45) is 0 Å². The van der Waals surface area contributed by atoms with E-state index in [4.69, 9.17) is 6.42 Å². The predicted molar refractivity (Wildman–Crippen MR) is 64.3 cm³/mol. The Morgan fingerprint density at radius 2 is 2.38 bits per heavy atom. The summed E-state index contributed by atoms with van der Waals surface area (Å²) >= 11 is 0. The van der Waals surface area contributed by atoms with Crippen molar-refractivity contribution in [2.45, 2.75) is 19.8 Å². The van der Waals surface area contributed by atoms with Gasteiger partial charge in [-0.3, -0.25) is 0 Å². The lowest BCUT2D eigenvalue weighted by Gasteiger charge is -1.97. The van der Waals surface area contributed by atoms with E-state index in [9.17, 15) is 0 Å². The molecule has 0 radical (unpaired) electrons. The maximum absolute atomic E-state index is 5.17. The number of nitrogens with zero attached hydrogens (tertiary/aromatic N) is 3. The van der Waals surface area contributed by atoms with Gasteiger partial charge in [0.15, 0.2) is 5.65 Å². The van der Waals surface area contributed by atoms with Crippen molar-refractivity contribution < 1.29 is 0 Å². The van der Waals surface area contributed by atoms with E-state index in [2.05, 4.69) is 21.3 Å². The predicted octanol–water partition coefficient (Wildman–Crippen LogP) is 1.86. The molecule has 4 heteroatoms. The summed E-state index contributed by atoms with van der Waals surface area (Å²) in [6, 6.07) is 3.97. The van der Waals surface area contributed by atoms with Gasteiger partial charge in [0.25, 0.3) is 0 Å². The number of fused-ring (bicyclic) bond motifs is 1. The molecule has 0 aromatic carbocycles. The van der Waals surface area contributed by atoms with E-state index < -0.39 is 0 Å². The molecule has 0 aliphatic heterocycles. The van der Waals surface area contributed by atoms with Gasteiger partial charge in [0, 0.05) is 19.2 Å². The number of pyridine rings is 1. The zero-order valence-electron chi connectivity index (χ0n) is 9.27. The third-order valence-electron chi connectivity index (χ3n) is 2.26. The molecule has 0 spiro atoms. The first-order valence-corrected chi connectivity index (χ1v) is 5.30. The Morgan fingerprint density at radius 3 is 3.19 bits per heavy atom. The smallest absolute Gasteiger partial charge is 0.243 e. The first kappa shape index (κ1) is 10.5. The molecule has 2 heterocycles. The molecule has 0 bridgehead atoms. The van der Waals surface area contributed by atoms with Crippen LogP contribution in [0.1, 0.15) is 18.4 Å². The molecule has 0 atom stereocenters. The molecule has 2 rings (SSSR count). The van der Waals surface area contributed by atoms with Gasteiger partial charge >= 0.3 is 0 Å². The summed E-state index contributed by atoms with van der Waals surface area (Å²) in [7, 11) is 0. The second-order valence-corrected chi connectivity index (χ2v) is 3.68. The molecule has 16 heavy (non-hydrogen) atoms. The van der Waals surface area contributed by atoms with Gasteiger partial charge in [-0.05, 0) is 25.0 Å². The van der Waals surface area contributed by atoms with Gasteiger partial charge < -0.3 is 5.32 Å². The minimum absolute atomic E-state index is 0.655. The molecule has 0 saturated heterocycles. The molecule has 0 unspecified atom stereocenters. The minimum Gasteiger partial charge on any atom is -0.353 e. The van der Waals surface area contributed by atoms with Gasteiger partial charge in [-0.1, -0.05) is 6.07 Å². The van der Waals surface area contributed by atoms with E-state index in [-0.39, 0.29) is 0 Å². The number of rotatable bonds is 4. The molecule has 1 N–H and O–H groups in total. The van der Waals surface area contributed by atoms with Crippen LogP contribution < -0.4 is 5.32 Å². The number of aromatic nitrogens is 3. The SMILES string of the molecule is C#CCCCNc1nc2ccc(C)cn2n1. The van der Waals surface area contributed by atoms with Gasteiger partial charge in [-0.15, -0.1) is 17.4 Å². The van der Waals surface area contributed by atoms with E-state index in [0.717, 1.165) is 30.6 Å². The molecular weight excluding hydrogens is 200 g/mol. The summed E-state index contributed by atoms with van der Waals surface area (Å²) in [5.74, 6) is 3.26. The van der Waals surface area contributed by atoms with Gasteiger partial charge in [0.05, 0.1) is 0 Å². The standard InChI is InChI=1S/C12H14N4/c1-3-4-5-8-13-12-14-11-7-6-10(2)9-16(11)15-12/h1,6-7,9H,4-5,8H2,2H3,(H,13,15). The average molecular weight is 214 g/mol. The Hall–Kier alpha value is -2.02. The Morgan fingerprint density at radius 1 is 1.50 bits per heavy atom. The molecule has 0 aliphatic rings. The molecular formula is C12H14N4. The van der Waals surface area contributed by atoms with Crippen LogP contribution in [-0.4, -0.2) is 21.1 Å². The number of aryl methyl sites for hydroxylation is 1. The highest BCUT2D eigenvalue weighted by Crippen LogP contribution is 2.06. The summed E-state index contributed by atoms with van der Waals surface area (Å²) in [6.07, 6.45) is 8.84. The third-order valence-corrected chi connectivity index (χ3v) is 2.26.